The molecule has 0 saturated heterocycles. The average molecular weight is 296 g/mol. The lowest BCUT2D eigenvalue weighted by Gasteiger charge is -2.30. The van der Waals surface area contributed by atoms with Crippen LogP contribution >= 0.6 is 12.6 Å². The van der Waals surface area contributed by atoms with Crippen LogP contribution in [0.15, 0.2) is 11.0 Å². The van der Waals surface area contributed by atoms with E-state index < -0.39 is 5.97 Å². The average Bonchev–Trinajstić information content (AvgIpc) is 2.18. The van der Waals surface area contributed by atoms with Crippen LogP contribution in [0, 0.1) is 0 Å². The van der Waals surface area contributed by atoms with Gasteiger partial charge in [0.25, 0.3) is 0 Å². The lowest BCUT2D eigenvalue weighted by molar-refractivity contribution is -0.136. The van der Waals surface area contributed by atoms with E-state index in [0.29, 0.717) is 16.0 Å². The molecule has 0 spiro atoms. The predicted molar refractivity (Wildman–Crippen MR) is 84.1 cm³/mol. The molecule has 3 nitrogen and oxygen atoms in total. The Kier molecular flexibility index (Phi) is 4.49. The zero-order valence-corrected chi connectivity index (χ0v) is 13.9. The van der Waals surface area contributed by atoms with Crippen LogP contribution in [0.25, 0.3) is 0 Å². The highest BCUT2D eigenvalue weighted by molar-refractivity contribution is 7.80. The smallest absolute Gasteiger partial charge is 0.307 e. The predicted octanol–water partition coefficient (Wildman–Crippen LogP) is 3.90. The summed E-state index contributed by atoms with van der Waals surface area (Å²) in [5, 5.41) is 19.7. The number of carboxylic acids is 1. The molecule has 0 aliphatic heterocycles. The zero-order valence-electron chi connectivity index (χ0n) is 13.0. The summed E-state index contributed by atoms with van der Waals surface area (Å²) in [4.78, 5) is 11.7. The Labute approximate surface area is 126 Å². The largest absolute Gasteiger partial charge is 0.507 e. The lowest BCUT2D eigenvalue weighted by atomic mass is 9.76. The van der Waals surface area contributed by atoms with Crippen LogP contribution in [0.3, 0.4) is 0 Å². The molecule has 0 heterocycles. The van der Waals surface area contributed by atoms with Crippen molar-refractivity contribution >= 4 is 18.6 Å². The molecule has 0 bridgehead atoms. The molecule has 1 aromatic carbocycles. The Morgan fingerprint density at radius 2 is 1.65 bits per heavy atom. The van der Waals surface area contributed by atoms with Crippen molar-refractivity contribution < 1.29 is 15.0 Å². The van der Waals surface area contributed by atoms with Crippen molar-refractivity contribution in [3.05, 3.63) is 22.8 Å². The summed E-state index contributed by atoms with van der Waals surface area (Å²) in [6.45, 7) is 11.9. The summed E-state index contributed by atoms with van der Waals surface area (Å²) in [6, 6.07) is 1.78. The molecule has 0 fully saturated rings. The van der Waals surface area contributed by atoms with Gasteiger partial charge in [0.15, 0.2) is 0 Å². The molecular weight excluding hydrogens is 272 g/mol. The number of aliphatic carboxylic acids is 1. The van der Waals surface area contributed by atoms with Crippen molar-refractivity contribution in [3.8, 4) is 5.75 Å². The molecule has 0 aliphatic carbocycles. The molecule has 4 heteroatoms. The van der Waals surface area contributed by atoms with Gasteiger partial charge in [0.2, 0.25) is 0 Å². The third kappa shape index (κ3) is 3.48. The maximum Gasteiger partial charge on any atom is 0.307 e. The van der Waals surface area contributed by atoms with E-state index in [-0.39, 0.29) is 23.0 Å². The Morgan fingerprint density at radius 3 is 2.00 bits per heavy atom. The Morgan fingerprint density at radius 1 is 1.15 bits per heavy atom. The molecular formula is C16H24O3S. The van der Waals surface area contributed by atoms with Crippen molar-refractivity contribution in [2.75, 3.05) is 0 Å². The molecule has 0 atom stereocenters. The number of phenolic OH excluding ortho intramolecular Hbond substituents is 1. The van der Waals surface area contributed by atoms with Gasteiger partial charge in [0, 0.05) is 16.0 Å². The number of thiol groups is 1. The molecule has 112 valence electrons. The Bertz CT molecular complexity index is 534. The highest BCUT2D eigenvalue weighted by Crippen LogP contribution is 2.43. The second kappa shape index (κ2) is 5.32. The SMILES string of the molecule is CC(C)(C)c1cc(S)c(CC(=O)O)c(C(C)(C)C)c1O. The third-order valence-corrected chi connectivity index (χ3v) is 3.67. The van der Waals surface area contributed by atoms with E-state index in [1.165, 1.54) is 0 Å². The highest BCUT2D eigenvalue weighted by atomic mass is 32.1. The van der Waals surface area contributed by atoms with Gasteiger partial charge in [-0.05, 0) is 22.5 Å². The number of hydrogen-bond acceptors (Lipinski definition) is 3. The summed E-state index contributed by atoms with van der Waals surface area (Å²) < 4.78 is 0. The third-order valence-electron chi connectivity index (χ3n) is 3.27. The second-order valence-electron chi connectivity index (χ2n) is 7.22. The van der Waals surface area contributed by atoms with Crippen LogP contribution in [0.2, 0.25) is 0 Å². The molecule has 2 N–H and O–H groups in total. The summed E-state index contributed by atoms with van der Waals surface area (Å²) in [6.07, 6.45) is -0.135. The first kappa shape index (κ1) is 16.9. The molecule has 0 aromatic heterocycles. The first-order valence-electron chi connectivity index (χ1n) is 6.66. The van der Waals surface area contributed by atoms with E-state index in [0.717, 1.165) is 5.56 Å². The fourth-order valence-corrected chi connectivity index (χ4v) is 2.73. The van der Waals surface area contributed by atoms with Gasteiger partial charge < -0.3 is 10.2 Å². The van der Waals surface area contributed by atoms with Crippen LogP contribution < -0.4 is 0 Å². The van der Waals surface area contributed by atoms with E-state index >= 15 is 0 Å². The molecule has 0 amide bonds. The van der Waals surface area contributed by atoms with Crippen LogP contribution in [0.1, 0.15) is 58.2 Å². The maximum atomic E-state index is 11.1. The number of phenols is 1. The Hall–Kier alpha value is -1.16. The monoisotopic (exact) mass is 296 g/mol. The summed E-state index contributed by atoms with van der Waals surface area (Å²) in [7, 11) is 0. The minimum absolute atomic E-state index is 0.135. The molecule has 0 aliphatic rings. The van der Waals surface area contributed by atoms with Gasteiger partial charge in [0.05, 0.1) is 6.42 Å². The zero-order chi connectivity index (χ0) is 15.9. The summed E-state index contributed by atoms with van der Waals surface area (Å²) in [5.74, 6) is -0.729. The first-order chi connectivity index (χ1) is 8.85. The fraction of sp³-hybridized carbons (Fsp3) is 0.562. The van der Waals surface area contributed by atoms with Gasteiger partial charge in [-0.15, -0.1) is 12.6 Å². The molecule has 0 radical (unpaired) electrons. The number of hydrogen-bond donors (Lipinski definition) is 3. The molecule has 20 heavy (non-hydrogen) atoms. The van der Waals surface area contributed by atoms with E-state index in [1.807, 2.05) is 41.5 Å². The highest BCUT2D eigenvalue weighted by Gasteiger charge is 2.30. The van der Waals surface area contributed by atoms with Gasteiger partial charge in [-0.2, -0.15) is 0 Å². The van der Waals surface area contributed by atoms with Crippen LogP contribution in [0.4, 0.5) is 0 Å². The normalized spacial score (nSPS) is 12.6. The van der Waals surface area contributed by atoms with Crippen molar-refractivity contribution in [2.24, 2.45) is 0 Å². The molecule has 1 rings (SSSR count). The number of carbonyl (C=O) groups is 1. The molecule has 0 saturated carbocycles. The second-order valence-corrected chi connectivity index (χ2v) is 7.70. The number of aromatic hydroxyl groups is 1. The Balaban J connectivity index is 3.72. The van der Waals surface area contributed by atoms with E-state index in [4.69, 9.17) is 5.11 Å². The van der Waals surface area contributed by atoms with Crippen molar-refractivity contribution in [1.29, 1.82) is 0 Å². The van der Waals surface area contributed by atoms with Gasteiger partial charge in [-0.3, -0.25) is 4.79 Å². The standard InChI is InChI=1S/C16H24O3S/c1-15(2,3)10-8-11(20)9(7-12(17)18)13(14(10)19)16(4,5)6/h8,19-20H,7H2,1-6H3,(H,17,18). The number of benzene rings is 1. The van der Waals surface area contributed by atoms with Crippen LogP contribution in [-0.2, 0) is 22.0 Å². The number of rotatable bonds is 2. The van der Waals surface area contributed by atoms with Crippen molar-refractivity contribution in [1.82, 2.24) is 0 Å². The number of carboxylic acid groups (broad SMARTS) is 1. The fourth-order valence-electron chi connectivity index (χ4n) is 2.41. The maximum absolute atomic E-state index is 11.1. The van der Waals surface area contributed by atoms with E-state index in [1.54, 1.807) is 6.07 Å². The van der Waals surface area contributed by atoms with Gasteiger partial charge >= 0.3 is 5.97 Å². The van der Waals surface area contributed by atoms with Crippen molar-refractivity contribution in [3.63, 3.8) is 0 Å². The lowest BCUT2D eigenvalue weighted by Crippen LogP contribution is -2.21. The van der Waals surface area contributed by atoms with Gasteiger partial charge in [-0.25, -0.2) is 0 Å². The first-order valence-corrected chi connectivity index (χ1v) is 7.11. The van der Waals surface area contributed by atoms with Crippen molar-refractivity contribution in [2.45, 2.75) is 63.7 Å². The van der Waals surface area contributed by atoms with E-state index in [2.05, 4.69) is 12.6 Å². The summed E-state index contributed by atoms with van der Waals surface area (Å²) >= 11 is 4.45. The van der Waals surface area contributed by atoms with Crippen LogP contribution in [0.5, 0.6) is 5.75 Å². The van der Waals surface area contributed by atoms with Gasteiger partial charge in [-0.1, -0.05) is 41.5 Å². The summed E-state index contributed by atoms with van der Waals surface area (Å²) in [5.41, 5.74) is 1.48. The van der Waals surface area contributed by atoms with Gasteiger partial charge in [0.1, 0.15) is 5.75 Å². The quantitative estimate of drug-likeness (QED) is 0.725. The topological polar surface area (TPSA) is 57.5 Å². The minimum Gasteiger partial charge on any atom is -0.507 e. The van der Waals surface area contributed by atoms with E-state index in [9.17, 15) is 9.90 Å². The molecule has 1 aromatic rings. The van der Waals surface area contributed by atoms with Crippen LogP contribution in [-0.4, -0.2) is 16.2 Å². The minimum atomic E-state index is -0.922. The molecule has 0 unspecified atom stereocenters.